The molecule has 0 aliphatic heterocycles. The van der Waals surface area contributed by atoms with Crippen molar-refractivity contribution >= 4 is 0 Å². The van der Waals surface area contributed by atoms with Crippen LogP contribution in [-0.4, -0.2) is 13.1 Å². The fourth-order valence-electron chi connectivity index (χ4n) is 2.12. The molecule has 0 aromatic heterocycles. The minimum absolute atomic E-state index is 0.616. The molecule has 1 aromatic rings. The molecule has 1 aromatic carbocycles. The van der Waals surface area contributed by atoms with Gasteiger partial charge in [-0.25, -0.2) is 0 Å². The van der Waals surface area contributed by atoms with E-state index in [1.54, 1.807) is 0 Å². The minimum Gasteiger partial charge on any atom is -0.317 e. The van der Waals surface area contributed by atoms with Crippen molar-refractivity contribution in [2.75, 3.05) is 7.05 Å². The first-order valence-corrected chi connectivity index (χ1v) is 6.40. The monoisotopic (exact) mass is 219 g/mol. The Bertz CT molecular complexity index is 289. The zero-order valence-electron chi connectivity index (χ0n) is 11.1. The molecular formula is C15H25N. The summed E-state index contributed by atoms with van der Waals surface area (Å²) >= 11 is 0. The summed E-state index contributed by atoms with van der Waals surface area (Å²) in [7, 11) is 2.04. The van der Waals surface area contributed by atoms with Gasteiger partial charge in [-0.05, 0) is 50.3 Å². The Balaban J connectivity index is 2.46. The molecule has 0 heterocycles. The largest absolute Gasteiger partial charge is 0.317 e. The van der Waals surface area contributed by atoms with E-state index in [1.165, 1.54) is 24.0 Å². The van der Waals surface area contributed by atoms with Crippen LogP contribution in [0.25, 0.3) is 0 Å². The molecule has 0 amide bonds. The fourth-order valence-corrected chi connectivity index (χ4v) is 2.12. The molecule has 0 saturated carbocycles. The highest BCUT2D eigenvalue weighted by molar-refractivity contribution is 5.22. The van der Waals surface area contributed by atoms with Gasteiger partial charge in [-0.15, -0.1) is 0 Å². The normalized spacial score (nSPS) is 14.8. The first kappa shape index (κ1) is 13.2. The summed E-state index contributed by atoms with van der Waals surface area (Å²) in [6.45, 7) is 6.78. The van der Waals surface area contributed by atoms with Crippen LogP contribution in [0.15, 0.2) is 24.3 Å². The standard InChI is InChI=1S/C15H25N/c1-5-14-6-8-15(9-7-14)11-12(2)10-13(3)16-4/h6-9,12-13,16H,5,10-11H2,1-4H3. The molecule has 0 fully saturated rings. The predicted octanol–water partition coefficient (Wildman–Crippen LogP) is 3.43. The second-order valence-electron chi connectivity index (χ2n) is 4.90. The van der Waals surface area contributed by atoms with Crippen molar-refractivity contribution in [3.8, 4) is 0 Å². The first-order chi connectivity index (χ1) is 7.65. The SMILES string of the molecule is CCc1ccc(CC(C)CC(C)NC)cc1. The topological polar surface area (TPSA) is 12.0 Å². The third-order valence-electron chi connectivity index (χ3n) is 3.26. The zero-order valence-corrected chi connectivity index (χ0v) is 11.1. The minimum atomic E-state index is 0.616. The van der Waals surface area contributed by atoms with Gasteiger partial charge in [0.2, 0.25) is 0 Å². The molecule has 16 heavy (non-hydrogen) atoms. The van der Waals surface area contributed by atoms with Crippen LogP contribution < -0.4 is 5.32 Å². The molecule has 1 rings (SSSR count). The van der Waals surface area contributed by atoms with E-state index in [1.807, 2.05) is 7.05 Å². The van der Waals surface area contributed by atoms with Crippen LogP contribution in [0.1, 0.15) is 38.3 Å². The van der Waals surface area contributed by atoms with Crippen LogP contribution in [0, 0.1) is 5.92 Å². The summed E-state index contributed by atoms with van der Waals surface area (Å²) < 4.78 is 0. The highest BCUT2D eigenvalue weighted by Crippen LogP contribution is 2.14. The van der Waals surface area contributed by atoms with Crippen molar-refractivity contribution in [1.82, 2.24) is 5.32 Å². The first-order valence-electron chi connectivity index (χ1n) is 6.40. The van der Waals surface area contributed by atoms with Gasteiger partial charge in [-0.3, -0.25) is 0 Å². The lowest BCUT2D eigenvalue weighted by atomic mass is 9.94. The third-order valence-corrected chi connectivity index (χ3v) is 3.26. The molecule has 1 heteroatoms. The molecule has 0 aliphatic rings. The van der Waals surface area contributed by atoms with Crippen molar-refractivity contribution in [2.24, 2.45) is 5.92 Å². The molecule has 1 nitrogen and oxygen atoms in total. The maximum atomic E-state index is 3.30. The van der Waals surface area contributed by atoms with Crippen molar-refractivity contribution in [3.05, 3.63) is 35.4 Å². The fraction of sp³-hybridized carbons (Fsp3) is 0.600. The highest BCUT2D eigenvalue weighted by Gasteiger charge is 2.07. The number of hydrogen-bond donors (Lipinski definition) is 1. The number of aryl methyl sites for hydroxylation is 1. The maximum Gasteiger partial charge on any atom is 0.00383 e. The third kappa shape index (κ3) is 4.36. The summed E-state index contributed by atoms with van der Waals surface area (Å²) in [5.74, 6) is 0.745. The predicted molar refractivity (Wildman–Crippen MR) is 71.8 cm³/mol. The van der Waals surface area contributed by atoms with Gasteiger partial charge in [-0.1, -0.05) is 38.1 Å². The van der Waals surface area contributed by atoms with Gasteiger partial charge >= 0.3 is 0 Å². The molecule has 2 unspecified atom stereocenters. The molecule has 0 radical (unpaired) electrons. The lowest BCUT2D eigenvalue weighted by Crippen LogP contribution is -2.24. The van der Waals surface area contributed by atoms with Gasteiger partial charge in [0.05, 0.1) is 0 Å². The Labute approximate surface area is 100 Å². The zero-order chi connectivity index (χ0) is 12.0. The lowest BCUT2D eigenvalue weighted by molar-refractivity contribution is 0.440. The Hall–Kier alpha value is -0.820. The Kier molecular flexibility index (Phi) is 5.54. The maximum absolute atomic E-state index is 3.30. The Morgan fingerprint density at radius 3 is 2.12 bits per heavy atom. The number of hydrogen-bond acceptors (Lipinski definition) is 1. The molecule has 0 aliphatic carbocycles. The quantitative estimate of drug-likeness (QED) is 0.773. The van der Waals surface area contributed by atoms with Crippen LogP contribution in [0.2, 0.25) is 0 Å². The van der Waals surface area contributed by atoms with Crippen molar-refractivity contribution in [1.29, 1.82) is 0 Å². The summed E-state index contributed by atoms with van der Waals surface area (Å²) in [5, 5.41) is 3.30. The number of nitrogens with one attached hydrogen (secondary N) is 1. The molecular weight excluding hydrogens is 194 g/mol. The van der Waals surface area contributed by atoms with Crippen molar-refractivity contribution in [3.63, 3.8) is 0 Å². The lowest BCUT2D eigenvalue weighted by Gasteiger charge is -2.16. The van der Waals surface area contributed by atoms with E-state index in [0.717, 1.165) is 12.3 Å². The summed E-state index contributed by atoms with van der Waals surface area (Å²) in [6, 6.07) is 9.68. The van der Waals surface area contributed by atoms with Crippen molar-refractivity contribution < 1.29 is 0 Å². The van der Waals surface area contributed by atoms with Gasteiger partial charge in [0.15, 0.2) is 0 Å². The number of benzene rings is 1. The summed E-state index contributed by atoms with van der Waals surface area (Å²) in [4.78, 5) is 0. The van der Waals surface area contributed by atoms with Crippen LogP contribution in [0.3, 0.4) is 0 Å². The van der Waals surface area contributed by atoms with Gasteiger partial charge in [0, 0.05) is 6.04 Å². The van der Waals surface area contributed by atoms with Gasteiger partial charge in [-0.2, -0.15) is 0 Å². The second kappa shape index (κ2) is 6.70. The Morgan fingerprint density at radius 1 is 1.06 bits per heavy atom. The molecule has 0 bridgehead atoms. The van der Waals surface area contributed by atoms with Gasteiger partial charge in [0.1, 0.15) is 0 Å². The number of rotatable bonds is 6. The smallest absolute Gasteiger partial charge is 0.00383 e. The summed E-state index contributed by atoms with van der Waals surface area (Å²) in [5.41, 5.74) is 2.90. The molecule has 90 valence electrons. The van der Waals surface area contributed by atoms with E-state index in [9.17, 15) is 0 Å². The van der Waals surface area contributed by atoms with Crippen LogP contribution in [0.5, 0.6) is 0 Å². The van der Waals surface area contributed by atoms with E-state index < -0.39 is 0 Å². The van der Waals surface area contributed by atoms with E-state index >= 15 is 0 Å². The second-order valence-corrected chi connectivity index (χ2v) is 4.90. The average Bonchev–Trinajstić information content (AvgIpc) is 2.29. The highest BCUT2D eigenvalue weighted by atomic mass is 14.8. The molecule has 0 saturated heterocycles. The van der Waals surface area contributed by atoms with Crippen molar-refractivity contribution in [2.45, 2.75) is 46.1 Å². The molecule has 2 atom stereocenters. The van der Waals surface area contributed by atoms with Crippen LogP contribution >= 0.6 is 0 Å². The van der Waals surface area contributed by atoms with E-state index in [-0.39, 0.29) is 0 Å². The van der Waals surface area contributed by atoms with Gasteiger partial charge in [0.25, 0.3) is 0 Å². The van der Waals surface area contributed by atoms with Gasteiger partial charge < -0.3 is 5.32 Å². The summed E-state index contributed by atoms with van der Waals surface area (Å²) in [6.07, 6.45) is 3.56. The molecule has 1 N–H and O–H groups in total. The van der Waals surface area contributed by atoms with E-state index in [2.05, 4.69) is 50.4 Å². The Morgan fingerprint density at radius 2 is 1.62 bits per heavy atom. The average molecular weight is 219 g/mol. The van der Waals surface area contributed by atoms with Crippen LogP contribution in [-0.2, 0) is 12.8 Å². The van der Waals surface area contributed by atoms with E-state index in [4.69, 9.17) is 0 Å². The van der Waals surface area contributed by atoms with Crippen LogP contribution in [0.4, 0.5) is 0 Å². The van der Waals surface area contributed by atoms with E-state index in [0.29, 0.717) is 6.04 Å². The molecule has 0 spiro atoms.